The molecule has 1 aromatic carbocycles. The molecule has 1 atom stereocenters. The Hall–Kier alpha value is -1.09. The van der Waals surface area contributed by atoms with Gasteiger partial charge in [0, 0.05) is 18.5 Å². The van der Waals surface area contributed by atoms with E-state index in [1.807, 2.05) is 4.90 Å². The fraction of sp³-hybridized carbons (Fsp3) is 0.533. The molecule has 0 aliphatic carbocycles. The monoisotopic (exact) mass is 283 g/mol. The average molecular weight is 284 g/mol. The number of likely N-dealkylation sites (tertiary alicyclic amines) is 1. The first kappa shape index (κ1) is 14.3. The number of hydrogen-bond acceptors (Lipinski definition) is 1. The molecule has 1 saturated heterocycles. The first-order valence-corrected chi connectivity index (χ1v) is 7.34. The molecule has 1 aliphatic rings. The lowest BCUT2D eigenvalue weighted by Crippen LogP contribution is -2.44. The van der Waals surface area contributed by atoms with Crippen LogP contribution in [0.15, 0.2) is 24.3 Å². The molecule has 104 valence electrons. The molecule has 1 fully saturated rings. The number of alkyl halides is 1. The standard InChI is InChI=1S/C15H19ClFNO/c16-9-8-14-3-1-2-10-18(14)15(19)11-12-4-6-13(17)7-5-12/h4-7,14H,1-3,8-11H2. The molecule has 4 heteroatoms. The maximum Gasteiger partial charge on any atom is 0.227 e. The summed E-state index contributed by atoms with van der Waals surface area (Å²) in [5, 5.41) is 0. The van der Waals surface area contributed by atoms with Gasteiger partial charge in [-0.2, -0.15) is 0 Å². The van der Waals surface area contributed by atoms with Crippen LogP contribution in [-0.4, -0.2) is 29.3 Å². The van der Waals surface area contributed by atoms with Crippen molar-refractivity contribution >= 4 is 17.5 Å². The van der Waals surface area contributed by atoms with Crippen LogP contribution in [0.1, 0.15) is 31.2 Å². The Morgan fingerprint density at radius 1 is 1.32 bits per heavy atom. The predicted octanol–water partition coefficient (Wildman–Crippen LogP) is 3.38. The van der Waals surface area contributed by atoms with Crippen molar-refractivity contribution in [1.29, 1.82) is 0 Å². The van der Waals surface area contributed by atoms with Gasteiger partial charge in [0.15, 0.2) is 0 Å². The quantitative estimate of drug-likeness (QED) is 0.776. The zero-order chi connectivity index (χ0) is 13.7. The van der Waals surface area contributed by atoms with Crippen molar-refractivity contribution < 1.29 is 9.18 Å². The van der Waals surface area contributed by atoms with Gasteiger partial charge in [0.25, 0.3) is 0 Å². The van der Waals surface area contributed by atoms with E-state index >= 15 is 0 Å². The summed E-state index contributed by atoms with van der Waals surface area (Å²) in [5.74, 6) is 0.445. The molecule has 0 radical (unpaired) electrons. The van der Waals surface area contributed by atoms with E-state index in [0.29, 0.717) is 12.3 Å². The molecule has 0 aromatic heterocycles. The maximum atomic E-state index is 12.8. The fourth-order valence-electron chi connectivity index (χ4n) is 2.63. The molecule has 19 heavy (non-hydrogen) atoms. The Bertz CT molecular complexity index is 419. The summed E-state index contributed by atoms with van der Waals surface area (Å²) in [4.78, 5) is 14.3. The van der Waals surface area contributed by atoms with Gasteiger partial charge in [-0.25, -0.2) is 4.39 Å². The lowest BCUT2D eigenvalue weighted by Gasteiger charge is -2.35. The van der Waals surface area contributed by atoms with Crippen molar-refractivity contribution in [2.75, 3.05) is 12.4 Å². The second-order valence-electron chi connectivity index (χ2n) is 5.02. The molecule has 1 unspecified atom stereocenters. The highest BCUT2D eigenvalue weighted by Gasteiger charge is 2.25. The van der Waals surface area contributed by atoms with Gasteiger partial charge in [-0.05, 0) is 43.4 Å². The Morgan fingerprint density at radius 3 is 2.74 bits per heavy atom. The molecule has 2 rings (SSSR count). The van der Waals surface area contributed by atoms with E-state index < -0.39 is 0 Å². The Labute approximate surface area is 118 Å². The second kappa shape index (κ2) is 6.90. The summed E-state index contributed by atoms with van der Waals surface area (Å²) in [6.45, 7) is 0.821. The van der Waals surface area contributed by atoms with E-state index in [2.05, 4.69) is 0 Å². The van der Waals surface area contributed by atoms with Crippen LogP contribution in [-0.2, 0) is 11.2 Å². The zero-order valence-corrected chi connectivity index (χ0v) is 11.7. The summed E-state index contributed by atoms with van der Waals surface area (Å²) in [6.07, 6.45) is 4.48. The van der Waals surface area contributed by atoms with Gasteiger partial charge in [0.1, 0.15) is 5.82 Å². The van der Waals surface area contributed by atoms with Crippen LogP contribution in [0.3, 0.4) is 0 Å². The molecule has 1 amide bonds. The number of amides is 1. The van der Waals surface area contributed by atoms with Gasteiger partial charge in [-0.3, -0.25) is 4.79 Å². The Kier molecular flexibility index (Phi) is 5.20. The fourth-order valence-corrected chi connectivity index (χ4v) is 2.89. The highest BCUT2D eigenvalue weighted by molar-refractivity contribution is 6.17. The molecule has 0 saturated carbocycles. The number of nitrogens with zero attached hydrogens (tertiary/aromatic N) is 1. The van der Waals surface area contributed by atoms with Gasteiger partial charge in [0.2, 0.25) is 5.91 Å². The molecule has 2 nitrogen and oxygen atoms in total. The van der Waals surface area contributed by atoms with Crippen LogP contribution in [0, 0.1) is 5.82 Å². The smallest absolute Gasteiger partial charge is 0.227 e. The minimum atomic E-state index is -0.269. The first-order valence-electron chi connectivity index (χ1n) is 6.80. The van der Waals surface area contributed by atoms with Crippen LogP contribution in [0.4, 0.5) is 4.39 Å². The third kappa shape index (κ3) is 3.93. The van der Waals surface area contributed by atoms with Crippen molar-refractivity contribution in [3.63, 3.8) is 0 Å². The van der Waals surface area contributed by atoms with Crippen molar-refractivity contribution in [3.05, 3.63) is 35.6 Å². The van der Waals surface area contributed by atoms with Crippen molar-refractivity contribution in [1.82, 2.24) is 4.90 Å². The maximum absolute atomic E-state index is 12.8. The van der Waals surface area contributed by atoms with E-state index in [-0.39, 0.29) is 17.8 Å². The third-order valence-corrected chi connectivity index (χ3v) is 3.88. The normalized spacial score (nSPS) is 19.5. The number of halogens is 2. The molecule has 0 bridgehead atoms. The molecule has 0 N–H and O–H groups in total. The van der Waals surface area contributed by atoms with E-state index in [0.717, 1.165) is 31.4 Å². The number of piperidine rings is 1. The predicted molar refractivity (Wildman–Crippen MR) is 74.8 cm³/mol. The van der Waals surface area contributed by atoms with Crippen molar-refractivity contribution in [2.24, 2.45) is 0 Å². The minimum absolute atomic E-state index is 0.126. The highest BCUT2D eigenvalue weighted by Crippen LogP contribution is 2.21. The van der Waals surface area contributed by atoms with Crippen LogP contribution in [0.25, 0.3) is 0 Å². The Morgan fingerprint density at radius 2 is 2.05 bits per heavy atom. The van der Waals surface area contributed by atoms with Crippen LogP contribution >= 0.6 is 11.6 Å². The van der Waals surface area contributed by atoms with E-state index in [4.69, 9.17) is 11.6 Å². The average Bonchev–Trinajstić information content (AvgIpc) is 2.42. The molecule has 0 spiro atoms. The topological polar surface area (TPSA) is 20.3 Å². The largest absolute Gasteiger partial charge is 0.339 e. The SMILES string of the molecule is O=C(Cc1ccc(F)cc1)N1CCCCC1CCCl. The highest BCUT2D eigenvalue weighted by atomic mass is 35.5. The van der Waals surface area contributed by atoms with Gasteiger partial charge in [-0.1, -0.05) is 12.1 Å². The zero-order valence-electron chi connectivity index (χ0n) is 10.9. The van der Waals surface area contributed by atoms with E-state index in [9.17, 15) is 9.18 Å². The van der Waals surface area contributed by atoms with E-state index in [1.54, 1.807) is 12.1 Å². The molecule has 1 heterocycles. The molecule has 1 aliphatic heterocycles. The van der Waals surface area contributed by atoms with Gasteiger partial charge < -0.3 is 4.90 Å². The third-order valence-electron chi connectivity index (χ3n) is 3.66. The van der Waals surface area contributed by atoms with Crippen LogP contribution in [0.5, 0.6) is 0 Å². The Balaban J connectivity index is 1.99. The van der Waals surface area contributed by atoms with Crippen molar-refractivity contribution in [3.8, 4) is 0 Å². The summed E-state index contributed by atoms with van der Waals surface area (Å²) in [7, 11) is 0. The lowest BCUT2D eigenvalue weighted by atomic mass is 9.99. The number of carbonyl (C=O) groups is 1. The summed E-state index contributed by atoms with van der Waals surface area (Å²) in [6, 6.07) is 6.42. The van der Waals surface area contributed by atoms with Gasteiger partial charge in [-0.15, -0.1) is 11.6 Å². The number of benzene rings is 1. The summed E-state index contributed by atoms with van der Waals surface area (Å²) in [5.41, 5.74) is 0.863. The number of rotatable bonds is 4. The van der Waals surface area contributed by atoms with Gasteiger partial charge in [0.05, 0.1) is 6.42 Å². The summed E-state index contributed by atoms with van der Waals surface area (Å²) >= 11 is 5.80. The van der Waals surface area contributed by atoms with Crippen molar-refractivity contribution in [2.45, 2.75) is 38.1 Å². The number of hydrogen-bond donors (Lipinski definition) is 0. The van der Waals surface area contributed by atoms with Crippen LogP contribution < -0.4 is 0 Å². The summed E-state index contributed by atoms with van der Waals surface area (Å²) < 4.78 is 12.8. The lowest BCUT2D eigenvalue weighted by molar-refractivity contribution is -0.134. The second-order valence-corrected chi connectivity index (χ2v) is 5.40. The number of carbonyl (C=O) groups excluding carboxylic acids is 1. The first-order chi connectivity index (χ1) is 9.20. The van der Waals surface area contributed by atoms with Crippen LogP contribution in [0.2, 0.25) is 0 Å². The molecule has 1 aromatic rings. The van der Waals surface area contributed by atoms with E-state index in [1.165, 1.54) is 18.6 Å². The minimum Gasteiger partial charge on any atom is -0.339 e. The van der Waals surface area contributed by atoms with Gasteiger partial charge >= 0.3 is 0 Å². The molecular formula is C15H19ClFNO. The molecular weight excluding hydrogens is 265 g/mol.